The average Bonchev–Trinajstić information content (AvgIpc) is 2.51. The maximum Gasteiger partial charge on any atom is 0.187 e. The van der Waals surface area contributed by atoms with Crippen molar-refractivity contribution in [3.8, 4) is 5.75 Å². The second-order valence-electron chi connectivity index (χ2n) is 4.67. The molecule has 0 radical (unpaired) electrons. The number of hydrogen-bond donors (Lipinski definition) is 1. The van der Waals surface area contributed by atoms with Gasteiger partial charge in [0.2, 0.25) is 0 Å². The molecule has 0 amide bonds. The van der Waals surface area contributed by atoms with Crippen molar-refractivity contribution < 1.29 is 9.53 Å². The van der Waals surface area contributed by atoms with E-state index in [0.29, 0.717) is 10.6 Å². The Morgan fingerprint density at radius 2 is 1.91 bits per heavy atom. The maximum atomic E-state index is 12.2. The average molecular weight is 381 g/mol. The van der Waals surface area contributed by atoms with Gasteiger partial charge in [0.1, 0.15) is 5.75 Å². The highest BCUT2D eigenvalue weighted by Gasteiger charge is 2.05. The molecular weight excluding hydrogens is 366 g/mol. The Labute approximate surface area is 143 Å². The van der Waals surface area contributed by atoms with Crippen molar-refractivity contribution in [2.24, 2.45) is 0 Å². The third-order valence-corrected chi connectivity index (χ3v) is 4.22. The smallest absolute Gasteiger partial charge is 0.187 e. The summed E-state index contributed by atoms with van der Waals surface area (Å²) in [4.78, 5) is 12.2. The van der Waals surface area contributed by atoms with Gasteiger partial charge in [-0.15, -0.1) is 0 Å². The molecule has 114 valence electrons. The highest BCUT2D eigenvalue weighted by molar-refractivity contribution is 9.10. The molecule has 0 bridgehead atoms. The van der Waals surface area contributed by atoms with Crippen molar-refractivity contribution in [1.29, 1.82) is 0 Å². The first-order valence-electron chi connectivity index (χ1n) is 6.58. The summed E-state index contributed by atoms with van der Waals surface area (Å²) >= 11 is 9.38. The number of rotatable bonds is 5. The molecule has 0 aromatic heterocycles. The van der Waals surface area contributed by atoms with Crippen LogP contribution in [-0.2, 0) is 0 Å². The van der Waals surface area contributed by atoms with Crippen LogP contribution in [0.1, 0.15) is 17.3 Å². The summed E-state index contributed by atoms with van der Waals surface area (Å²) in [6, 6.07) is 12.5. The fraction of sp³-hybridized carbons (Fsp3) is 0.118. The molecule has 1 N–H and O–H groups in total. The summed E-state index contributed by atoms with van der Waals surface area (Å²) in [5.74, 6) is 0.649. The van der Waals surface area contributed by atoms with E-state index in [2.05, 4.69) is 21.2 Å². The predicted octanol–water partition coefficient (Wildman–Crippen LogP) is 5.31. The number of halogens is 2. The van der Waals surface area contributed by atoms with Crippen molar-refractivity contribution in [3.05, 3.63) is 69.3 Å². The number of hydrogen-bond acceptors (Lipinski definition) is 3. The SMILES string of the molecule is COc1ccc(C(=O)C=C(C)Nc2ccc(Br)c(Cl)c2)cc1. The van der Waals surface area contributed by atoms with E-state index in [-0.39, 0.29) is 5.78 Å². The Morgan fingerprint density at radius 3 is 2.50 bits per heavy atom. The molecule has 2 rings (SSSR count). The van der Waals surface area contributed by atoms with Crippen molar-refractivity contribution >= 4 is 39.0 Å². The fourth-order valence-corrected chi connectivity index (χ4v) is 2.30. The molecule has 0 spiro atoms. The monoisotopic (exact) mass is 379 g/mol. The Bertz CT molecular complexity index is 711. The lowest BCUT2D eigenvalue weighted by Gasteiger charge is -2.08. The van der Waals surface area contributed by atoms with Crippen LogP contribution in [0.5, 0.6) is 5.75 Å². The number of carbonyl (C=O) groups excluding carboxylic acids is 1. The Morgan fingerprint density at radius 1 is 1.23 bits per heavy atom. The van der Waals surface area contributed by atoms with Gasteiger partial charge in [0.05, 0.1) is 12.1 Å². The number of allylic oxidation sites excluding steroid dienone is 2. The van der Waals surface area contributed by atoms with Gasteiger partial charge in [-0.3, -0.25) is 4.79 Å². The Hall–Kier alpha value is -1.78. The molecule has 0 fully saturated rings. The van der Waals surface area contributed by atoms with Crippen LogP contribution in [0.4, 0.5) is 5.69 Å². The highest BCUT2D eigenvalue weighted by Crippen LogP contribution is 2.26. The van der Waals surface area contributed by atoms with Crippen LogP contribution >= 0.6 is 27.5 Å². The van der Waals surface area contributed by atoms with Crippen LogP contribution in [0, 0.1) is 0 Å². The number of anilines is 1. The summed E-state index contributed by atoms with van der Waals surface area (Å²) in [5.41, 5.74) is 2.17. The Kier molecular flexibility index (Phi) is 5.63. The van der Waals surface area contributed by atoms with Gasteiger partial charge in [-0.2, -0.15) is 0 Å². The normalized spacial score (nSPS) is 11.2. The maximum absolute atomic E-state index is 12.2. The van der Waals surface area contributed by atoms with Gasteiger partial charge in [0, 0.05) is 27.5 Å². The number of nitrogens with one attached hydrogen (secondary N) is 1. The topological polar surface area (TPSA) is 38.3 Å². The lowest BCUT2D eigenvalue weighted by Crippen LogP contribution is -2.01. The predicted molar refractivity (Wildman–Crippen MR) is 93.9 cm³/mol. The van der Waals surface area contributed by atoms with Crippen LogP contribution in [-0.4, -0.2) is 12.9 Å². The van der Waals surface area contributed by atoms with E-state index in [1.54, 1.807) is 43.5 Å². The summed E-state index contributed by atoms with van der Waals surface area (Å²) in [6.07, 6.45) is 1.55. The van der Waals surface area contributed by atoms with Crippen molar-refractivity contribution in [2.75, 3.05) is 12.4 Å². The summed E-state index contributed by atoms with van der Waals surface area (Å²) in [7, 11) is 1.59. The zero-order valence-electron chi connectivity index (χ0n) is 12.2. The van der Waals surface area contributed by atoms with Crippen LogP contribution < -0.4 is 10.1 Å². The summed E-state index contributed by atoms with van der Waals surface area (Å²) in [6.45, 7) is 1.83. The standard InChI is InChI=1S/C17H15BrClNO2/c1-11(20-13-5-8-15(18)16(19)10-13)9-17(21)12-3-6-14(22-2)7-4-12/h3-10,20H,1-2H3. The van der Waals surface area contributed by atoms with Gasteiger partial charge >= 0.3 is 0 Å². The third kappa shape index (κ3) is 4.36. The van der Waals surface area contributed by atoms with Crippen LogP contribution in [0.2, 0.25) is 5.02 Å². The first-order valence-corrected chi connectivity index (χ1v) is 7.75. The van der Waals surface area contributed by atoms with E-state index in [9.17, 15) is 4.79 Å². The number of benzene rings is 2. The van der Waals surface area contributed by atoms with E-state index in [4.69, 9.17) is 16.3 Å². The molecule has 0 aliphatic carbocycles. The molecule has 0 unspecified atom stereocenters. The molecule has 5 heteroatoms. The third-order valence-electron chi connectivity index (χ3n) is 2.98. The summed E-state index contributed by atoms with van der Waals surface area (Å²) < 4.78 is 5.90. The quantitative estimate of drug-likeness (QED) is 0.564. The first-order chi connectivity index (χ1) is 10.5. The van der Waals surface area contributed by atoms with E-state index >= 15 is 0 Å². The van der Waals surface area contributed by atoms with E-state index in [0.717, 1.165) is 21.6 Å². The number of methoxy groups -OCH3 is 1. The molecule has 22 heavy (non-hydrogen) atoms. The van der Waals surface area contributed by atoms with Crippen molar-refractivity contribution in [1.82, 2.24) is 0 Å². The van der Waals surface area contributed by atoms with E-state index < -0.39 is 0 Å². The first kappa shape index (κ1) is 16.6. The van der Waals surface area contributed by atoms with Gasteiger partial charge in [-0.05, 0) is 65.3 Å². The highest BCUT2D eigenvalue weighted by atomic mass is 79.9. The van der Waals surface area contributed by atoms with Crippen LogP contribution in [0.15, 0.2) is 58.7 Å². The molecule has 0 heterocycles. The van der Waals surface area contributed by atoms with Gasteiger partial charge in [0.25, 0.3) is 0 Å². The van der Waals surface area contributed by atoms with Crippen molar-refractivity contribution in [2.45, 2.75) is 6.92 Å². The molecule has 0 aliphatic heterocycles. The lowest BCUT2D eigenvalue weighted by molar-refractivity contribution is 0.104. The zero-order chi connectivity index (χ0) is 16.1. The van der Waals surface area contributed by atoms with Crippen molar-refractivity contribution in [3.63, 3.8) is 0 Å². The number of ketones is 1. The molecule has 2 aromatic carbocycles. The number of ether oxygens (including phenoxy) is 1. The minimum atomic E-state index is -0.0733. The van der Waals surface area contributed by atoms with Gasteiger partial charge < -0.3 is 10.1 Å². The van der Waals surface area contributed by atoms with E-state index in [1.165, 1.54) is 0 Å². The van der Waals surface area contributed by atoms with Crippen LogP contribution in [0.3, 0.4) is 0 Å². The zero-order valence-corrected chi connectivity index (χ0v) is 14.5. The molecule has 0 saturated carbocycles. The molecule has 2 aromatic rings. The molecular formula is C17H15BrClNO2. The number of carbonyl (C=O) groups is 1. The second-order valence-corrected chi connectivity index (χ2v) is 5.94. The lowest BCUT2D eigenvalue weighted by atomic mass is 10.1. The molecule has 0 aliphatic rings. The second kappa shape index (κ2) is 7.47. The molecule has 0 atom stereocenters. The largest absolute Gasteiger partial charge is 0.497 e. The van der Waals surface area contributed by atoms with Crippen LogP contribution in [0.25, 0.3) is 0 Å². The Balaban J connectivity index is 2.09. The minimum Gasteiger partial charge on any atom is -0.497 e. The van der Waals surface area contributed by atoms with Gasteiger partial charge in [-0.1, -0.05) is 11.6 Å². The van der Waals surface area contributed by atoms with E-state index in [1.807, 2.05) is 19.1 Å². The van der Waals surface area contributed by atoms with Gasteiger partial charge in [-0.25, -0.2) is 0 Å². The summed E-state index contributed by atoms with van der Waals surface area (Å²) in [5, 5.41) is 3.75. The minimum absolute atomic E-state index is 0.0733. The fourth-order valence-electron chi connectivity index (χ4n) is 1.87. The molecule has 0 saturated heterocycles. The molecule has 3 nitrogen and oxygen atoms in total. The van der Waals surface area contributed by atoms with Gasteiger partial charge in [0.15, 0.2) is 5.78 Å².